The summed E-state index contributed by atoms with van der Waals surface area (Å²) in [5.41, 5.74) is 0.614. The number of carbonyl (C=O) groups is 1. The molecular weight excluding hydrogens is 202 g/mol. The van der Waals surface area contributed by atoms with Gasteiger partial charge in [0.25, 0.3) is 0 Å². The number of rotatable bonds is 6. The van der Waals surface area contributed by atoms with Gasteiger partial charge in [0, 0.05) is 6.42 Å². The first kappa shape index (κ1) is 12.3. The van der Waals surface area contributed by atoms with Crippen molar-refractivity contribution in [3.63, 3.8) is 0 Å². The number of ketones is 1. The van der Waals surface area contributed by atoms with E-state index in [1.54, 1.807) is 12.1 Å². The highest BCUT2D eigenvalue weighted by atomic mass is 16.5. The van der Waals surface area contributed by atoms with Crippen LogP contribution >= 0.6 is 0 Å². The highest BCUT2D eigenvalue weighted by Gasteiger charge is 2.06. The topological polar surface area (TPSA) is 50.1 Å². The van der Waals surface area contributed by atoms with Gasteiger partial charge in [-0.15, -0.1) is 0 Å². The summed E-state index contributed by atoms with van der Waals surface area (Å²) in [6, 6.07) is 9.30. The summed E-state index contributed by atoms with van der Waals surface area (Å²) in [6.07, 6.45) is 2.22. The van der Waals surface area contributed by atoms with E-state index in [-0.39, 0.29) is 5.78 Å². The molecule has 1 aromatic carbocycles. The summed E-state index contributed by atoms with van der Waals surface area (Å²) in [4.78, 5) is 11.3. The predicted molar refractivity (Wildman–Crippen MR) is 61.4 cm³/mol. The Morgan fingerprint density at radius 1 is 1.38 bits per heavy atom. The van der Waals surface area contributed by atoms with Crippen LogP contribution in [0.1, 0.15) is 36.5 Å². The zero-order valence-corrected chi connectivity index (χ0v) is 9.40. The molecule has 0 fully saturated rings. The highest BCUT2D eigenvalue weighted by molar-refractivity contribution is 5.96. The molecule has 84 valence electrons. The van der Waals surface area contributed by atoms with E-state index in [4.69, 9.17) is 10.00 Å². The SMILES string of the molecule is CC(=O)c1ccccc1OCCCCC#N. The molecule has 3 nitrogen and oxygen atoms in total. The van der Waals surface area contributed by atoms with Gasteiger partial charge in [-0.25, -0.2) is 0 Å². The second kappa shape index (κ2) is 6.62. The molecule has 0 aliphatic carbocycles. The smallest absolute Gasteiger partial charge is 0.163 e. The van der Waals surface area contributed by atoms with Gasteiger partial charge in [-0.05, 0) is 31.9 Å². The molecule has 0 spiro atoms. The fraction of sp³-hybridized carbons (Fsp3) is 0.385. The molecule has 0 amide bonds. The van der Waals surface area contributed by atoms with Crippen molar-refractivity contribution in [1.29, 1.82) is 5.26 Å². The molecule has 0 heterocycles. The number of benzene rings is 1. The van der Waals surface area contributed by atoms with Crippen LogP contribution in [-0.4, -0.2) is 12.4 Å². The number of ether oxygens (including phenoxy) is 1. The van der Waals surface area contributed by atoms with E-state index >= 15 is 0 Å². The summed E-state index contributed by atoms with van der Waals surface area (Å²) in [7, 11) is 0. The van der Waals surface area contributed by atoms with Gasteiger partial charge in [-0.1, -0.05) is 12.1 Å². The molecule has 0 aliphatic heterocycles. The molecule has 0 aliphatic rings. The third-order valence-corrected chi connectivity index (χ3v) is 2.21. The second-order valence-corrected chi connectivity index (χ2v) is 3.52. The number of nitrogens with zero attached hydrogens (tertiary/aromatic N) is 1. The fourth-order valence-corrected chi connectivity index (χ4v) is 1.37. The summed E-state index contributed by atoms with van der Waals surface area (Å²) in [6.45, 7) is 2.07. The highest BCUT2D eigenvalue weighted by Crippen LogP contribution is 2.18. The van der Waals surface area contributed by atoms with Gasteiger partial charge in [-0.3, -0.25) is 4.79 Å². The first-order chi connectivity index (χ1) is 7.75. The van der Waals surface area contributed by atoms with Crippen LogP contribution in [0.15, 0.2) is 24.3 Å². The normalized spacial score (nSPS) is 9.50. The van der Waals surface area contributed by atoms with E-state index in [0.29, 0.717) is 24.3 Å². The molecule has 0 atom stereocenters. The number of nitriles is 1. The van der Waals surface area contributed by atoms with Crippen LogP contribution < -0.4 is 4.74 Å². The summed E-state index contributed by atoms with van der Waals surface area (Å²) in [5, 5.41) is 8.36. The number of hydrogen-bond donors (Lipinski definition) is 0. The molecule has 1 rings (SSSR count). The molecular formula is C13H15NO2. The van der Waals surface area contributed by atoms with Crippen molar-refractivity contribution in [3.8, 4) is 11.8 Å². The number of unbranched alkanes of at least 4 members (excludes halogenated alkanes) is 2. The summed E-state index contributed by atoms with van der Waals surface area (Å²) >= 11 is 0. The Morgan fingerprint density at radius 2 is 2.12 bits per heavy atom. The molecule has 0 saturated carbocycles. The second-order valence-electron chi connectivity index (χ2n) is 3.52. The Balaban J connectivity index is 2.47. The van der Waals surface area contributed by atoms with Crippen LogP contribution in [-0.2, 0) is 0 Å². The molecule has 3 heteroatoms. The van der Waals surface area contributed by atoms with Crippen LogP contribution in [0, 0.1) is 11.3 Å². The third kappa shape index (κ3) is 3.74. The van der Waals surface area contributed by atoms with Crippen molar-refractivity contribution in [2.75, 3.05) is 6.61 Å². The van der Waals surface area contributed by atoms with E-state index in [2.05, 4.69) is 6.07 Å². The summed E-state index contributed by atoms with van der Waals surface area (Å²) in [5.74, 6) is 0.639. The zero-order valence-electron chi connectivity index (χ0n) is 9.40. The fourth-order valence-electron chi connectivity index (χ4n) is 1.37. The van der Waals surface area contributed by atoms with Crippen molar-refractivity contribution in [2.45, 2.75) is 26.2 Å². The quantitative estimate of drug-likeness (QED) is 0.543. The van der Waals surface area contributed by atoms with Gasteiger partial charge in [0.15, 0.2) is 5.78 Å². The van der Waals surface area contributed by atoms with Crippen molar-refractivity contribution in [1.82, 2.24) is 0 Å². The predicted octanol–water partition coefficient (Wildman–Crippen LogP) is 2.96. The van der Waals surface area contributed by atoms with Gasteiger partial charge in [0.1, 0.15) is 5.75 Å². The lowest BCUT2D eigenvalue weighted by molar-refractivity contribution is 0.101. The standard InChI is InChI=1S/C13H15NO2/c1-11(15)12-7-3-4-8-13(12)16-10-6-2-5-9-14/h3-4,7-8H,2,5-6,10H2,1H3. The monoisotopic (exact) mass is 217 g/mol. The first-order valence-corrected chi connectivity index (χ1v) is 5.35. The maximum absolute atomic E-state index is 11.3. The van der Waals surface area contributed by atoms with Crippen LogP contribution in [0.5, 0.6) is 5.75 Å². The molecule has 0 aromatic heterocycles. The van der Waals surface area contributed by atoms with E-state index in [1.807, 2.05) is 12.1 Å². The number of para-hydroxylation sites is 1. The maximum Gasteiger partial charge on any atom is 0.163 e. The lowest BCUT2D eigenvalue weighted by atomic mass is 10.1. The Bertz CT molecular complexity index is 393. The largest absolute Gasteiger partial charge is 0.493 e. The van der Waals surface area contributed by atoms with Crippen molar-refractivity contribution in [2.24, 2.45) is 0 Å². The molecule has 16 heavy (non-hydrogen) atoms. The zero-order chi connectivity index (χ0) is 11.8. The van der Waals surface area contributed by atoms with Gasteiger partial charge in [0.2, 0.25) is 0 Å². The maximum atomic E-state index is 11.3. The minimum absolute atomic E-state index is 0.00706. The number of Topliss-reactive ketones (excluding diaryl/α,β-unsaturated/α-hetero) is 1. The lowest BCUT2D eigenvalue weighted by Crippen LogP contribution is -2.02. The molecule has 0 radical (unpaired) electrons. The van der Waals surface area contributed by atoms with Gasteiger partial charge < -0.3 is 4.74 Å². The van der Waals surface area contributed by atoms with E-state index in [9.17, 15) is 4.79 Å². The Morgan fingerprint density at radius 3 is 2.81 bits per heavy atom. The van der Waals surface area contributed by atoms with Gasteiger partial charge >= 0.3 is 0 Å². The van der Waals surface area contributed by atoms with Crippen molar-refractivity contribution in [3.05, 3.63) is 29.8 Å². The molecule has 0 saturated heterocycles. The number of hydrogen-bond acceptors (Lipinski definition) is 3. The average molecular weight is 217 g/mol. The average Bonchev–Trinajstić information content (AvgIpc) is 2.29. The summed E-state index contributed by atoms with van der Waals surface area (Å²) < 4.78 is 5.51. The van der Waals surface area contributed by atoms with Crippen LogP contribution in [0.4, 0.5) is 0 Å². The van der Waals surface area contributed by atoms with Crippen LogP contribution in [0.3, 0.4) is 0 Å². The molecule has 0 bridgehead atoms. The first-order valence-electron chi connectivity index (χ1n) is 5.35. The lowest BCUT2D eigenvalue weighted by Gasteiger charge is -2.08. The van der Waals surface area contributed by atoms with Gasteiger partial charge in [0.05, 0.1) is 18.2 Å². The minimum Gasteiger partial charge on any atom is -0.493 e. The van der Waals surface area contributed by atoms with Crippen molar-refractivity contribution < 1.29 is 9.53 Å². The van der Waals surface area contributed by atoms with E-state index in [0.717, 1.165) is 12.8 Å². The van der Waals surface area contributed by atoms with E-state index in [1.165, 1.54) is 6.92 Å². The van der Waals surface area contributed by atoms with Crippen LogP contribution in [0.2, 0.25) is 0 Å². The van der Waals surface area contributed by atoms with Crippen LogP contribution in [0.25, 0.3) is 0 Å². The Kier molecular flexibility index (Phi) is 5.07. The Labute approximate surface area is 95.7 Å². The van der Waals surface area contributed by atoms with Gasteiger partial charge in [-0.2, -0.15) is 5.26 Å². The molecule has 0 unspecified atom stereocenters. The third-order valence-electron chi connectivity index (χ3n) is 2.21. The Hall–Kier alpha value is -1.82. The van der Waals surface area contributed by atoms with E-state index < -0.39 is 0 Å². The molecule has 0 N–H and O–H groups in total. The molecule has 1 aromatic rings. The minimum atomic E-state index is 0.00706. The van der Waals surface area contributed by atoms with Crippen molar-refractivity contribution >= 4 is 5.78 Å². The number of carbonyl (C=O) groups excluding carboxylic acids is 1.